The number of hydrazone groups is 1. The Morgan fingerprint density at radius 1 is 1.11 bits per heavy atom. The number of urea groups is 1. The Labute approximate surface area is 209 Å². The van der Waals surface area contributed by atoms with Gasteiger partial charge in [-0.2, -0.15) is 5.10 Å². The molecule has 3 amide bonds. The van der Waals surface area contributed by atoms with Crippen molar-refractivity contribution in [3.05, 3.63) is 64.9 Å². The van der Waals surface area contributed by atoms with Gasteiger partial charge in [-0.25, -0.2) is 15.0 Å². The van der Waals surface area contributed by atoms with E-state index in [1.54, 1.807) is 25.1 Å². The minimum atomic E-state index is -0.751. The number of nitrogens with one attached hydrogen (secondary N) is 3. The Morgan fingerprint density at radius 2 is 1.83 bits per heavy atom. The quantitative estimate of drug-likeness (QED) is 0.276. The molecule has 0 radical (unpaired) electrons. The standard InChI is InChI=1S/C25H29N5O6/c1-15-22(24(32)35-5)23(28-25(33)27-15)17-8-11-19(20(12-17)34-4)36-14-21(31)29-26-13-16-6-9-18(10-7-16)30(2)3/h6-13,23H,14H2,1-5H3,(H,29,31)(H2,27,28,33). The van der Waals surface area contributed by atoms with Crippen molar-refractivity contribution in [3.8, 4) is 11.5 Å². The van der Waals surface area contributed by atoms with E-state index in [2.05, 4.69) is 21.2 Å². The monoisotopic (exact) mass is 495 g/mol. The van der Waals surface area contributed by atoms with Gasteiger partial charge >= 0.3 is 12.0 Å². The second-order valence-electron chi connectivity index (χ2n) is 8.04. The highest BCUT2D eigenvalue weighted by Crippen LogP contribution is 2.34. The van der Waals surface area contributed by atoms with Crippen LogP contribution in [-0.4, -0.2) is 59.0 Å². The molecule has 0 saturated carbocycles. The van der Waals surface area contributed by atoms with Crippen molar-refractivity contribution in [2.75, 3.05) is 39.8 Å². The molecule has 2 aromatic carbocycles. The molecule has 0 aliphatic carbocycles. The molecular formula is C25H29N5O6. The molecule has 190 valence electrons. The first-order valence-corrected chi connectivity index (χ1v) is 11.0. The Hall–Kier alpha value is -4.54. The van der Waals surface area contributed by atoms with Gasteiger partial charge in [-0.3, -0.25) is 4.79 Å². The maximum absolute atomic E-state index is 12.3. The van der Waals surface area contributed by atoms with Gasteiger partial charge in [0.05, 0.1) is 32.0 Å². The largest absolute Gasteiger partial charge is 0.493 e. The summed E-state index contributed by atoms with van der Waals surface area (Å²) in [4.78, 5) is 38.5. The van der Waals surface area contributed by atoms with Gasteiger partial charge in [0.15, 0.2) is 18.1 Å². The maximum atomic E-state index is 12.3. The van der Waals surface area contributed by atoms with Gasteiger partial charge < -0.3 is 29.7 Å². The highest BCUT2D eigenvalue weighted by Gasteiger charge is 2.32. The van der Waals surface area contributed by atoms with Crippen molar-refractivity contribution < 1.29 is 28.6 Å². The number of esters is 1. The molecule has 3 rings (SSSR count). The number of methoxy groups -OCH3 is 2. The number of rotatable bonds is 9. The van der Waals surface area contributed by atoms with Crippen LogP contribution < -0.4 is 30.4 Å². The molecule has 36 heavy (non-hydrogen) atoms. The SMILES string of the molecule is COC(=O)C1=C(C)NC(=O)NC1c1ccc(OCC(=O)NN=Cc2ccc(N(C)C)cc2)c(OC)c1. The molecule has 3 N–H and O–H groups in total. The highest BCUT2D eigenvalue weighted by molar-refractivity contribution is 5.95. The van der Waals surface area contributed by atoms with E-state index in [1.165, 1.54) is 20.4 Å². The first-order valence-electron chi connectivity index (χ1n) is 11.0. The number of allylic oxidation sites excluding steroid dienone is 1. The van der Waals surface area contributed by atoms with E-state index < -0.39 is 23.9 Å². The molecule has 0 spiro atoms. The van der Waals surface area contributed by atoms with Crippen molar-refractivity contribution in [1.29, 1.82) is 0 Å². The zero-order chi connectivity index (χ0) is 26.2. The summed E-state index contributed by atoms with van der Waals surface area (Å²) in [7, 11) is 6.62. The average molecular weight is 496 g/mol. The van der Waals surface area contributed by atoms with E-state index in [1.807, 2.05) is 43.3 Å². The number of carbonyl (C=O) groups excluding carboxylic acids is 3. The molecule has 11 heteroatoms. The number of nitrogens with zero attached hydrogens (tertiary/aromatic N) is 2. The van der Waals surface area contributed by atoms with Gasteiger partial charge in [0.25, 0.3) is 5.91 Å². The van der Waals surface area contributed by atoms with E-state index in [0.717, 1.165) is 11.3 Å². The number of carbonyl (C=O) groups is 3. The number of amides is 3. The summed E-state index contributed by atoms with van der Waals surface area (Å²) in [6.45, 7) is 1.32. The molecule has 1 atom stereocenters. The van der Waals surface area contributed by atoms with E-state index in [9.17, 15) is 14.4 Å². The smallest absolute Gasteiger partial charge is 0.337 e. The molecule has 1 aliphatic heterocycles. The molecule has 2 aromatic rings. The third-order valence-corrected chi connectivity index (χ3v) is 5.37. The van der Waals surface area contributed by atoms with Gasteiger partial charge in [-0.1, -0.05) is 18.2 Å². The topological polar surface area (TPSA) is 131 Å². The number of hydrogen-bond donors (Lipinski definition) is 3. The fraction of sp³-hybridized carbons (Fsp3) is 0.280. The minimum Gasteiger partial charge on any atom is -0.493 e. The predicted molar refractivity (Wildman–Crippen MR) is 134 cm³/mol. The summed E-state index contributed by atoms with van der Waals surface area (Å²) in [5, 5.41) is 9.22. The van der Waals surface area contributed by atoms with Crippen LogP contribution in [0.1, 0.15) is 24.1 Å². The summed E-state index contributed by atoms with van der Waals surface area (Å²) in [5.41, 5.74) is 5.53. The normalized spacial score (nSPS) is 15.1. The number of ether oxygens (including phenoxy) is 3. The zero-order valence-electron chi connectivity index (χ0n) is 20.7. The van der Waals surface area contributed by atoms with E-state index in [0.29, 0.717) is 22.8 Å². The molecule has 0 fully saturated rings. The second-order valence-corrected chi connectivity index (χ2v) is 8.04. The lowest BCUT2D eigenvalue weighted by atomic mass is 9.95. The third-order valence-electron chi connectivity index (χ3n) is 5.37. The van der Waals surface area contributed by atoms with Crippen molar-refractivity contribution in [1.82, 2.24) is 16.1 Å². The Kier molecular flexibility index (Phi) is 8.50. The summed E-state index contributed by atoms with van der Waals surface area (Å²) in [6.07, 6.45) is 1.54. The number of benzene rings is 2. The van der Waals surface area contributed by atoms with Crippen molar-refractivity contribution in [2.45, 2.75) is 13.0 Å². The lowest BCUT2D eigenvalue weighted by Crippen LogP contribution is -2.45. The summed E-state index contributed by atoms with van der Waals surface area (Å²) >= 11 is 0. The van der Waals surface area contributed by atoms with Gasteiger partial charge in [-0.05, 0) is 42.3 Å². The van der Waals surface area contributed by atoms with Crippen LogP contribution in [0.15, 0.2) is 58.8 Å². The van der Waals surface area contributed by atoms with Crippen LogP contribution in [0.5, 0.6) is 11.5 Å². The first kappa shape index (κ1) is 26.1. The molecule has 0 bridgehead atoms. The van der Waals surface area contributed by atoms with E-state index in [-0.39, 0.29) is 12.2 Å². The van der Waals surface area contributed by atoms with Crippen LogP contribution >= 0.6 is 0 Å². The lowest BCUT2D eigenvalue weighted by Gasteiger charge is -2.28. The van der Waals surface area contributed by atoms with Gasteiger partial charge in [-0.15, -0.1) is 0 Å². The fourth-order valence-corrected chi connectivity index (χ4v) is 3.52. The Balaban J connectivity index is 1.65. The average Bonchev–Trinajstić information content (AvgIpc) is 2.86. The van der Waals surface area contributed by atoms with Crippen LogP contribution in [0, 0.1) is 0 Å². The Morgan fingerprint density at radius 3 is 2.47 bits per heavy atom. The second kappa shape index (κ2) is 11.7. The molecule has 0 aromatic heterocycles. The maximum Gasteiger partial charge on any atom is 0.337 e. The van der Waals surface area contributed by atoms with Crippen molar-refractivity contribution in [2.24, 2.45) is 5.10 Å². The first-order chi connectivity index (χ1) is 17.2. The van der Waals surface area contributed by atoms with Crippen LogP contribution in [0.25, 0.3) is 0 Å². The molecule has 1 aliphatic rings. The predicted octanol–water partition coefficient (Wildman–Crippen LogP) is 2.09. The van der Waals surface area contributed by atoms with Crippen LogP contribution in [0.2, 0.25) is 0 Å². The van der Waals surface area contributed by atoms with Crippen LogP contribution in [0.3, 0.4) is 0 Å². The third kappa shape index (κ3) is 6.32. The highest BCUT2D eigenvalue weighted by atomic mass is 16.5. The molecular weight excluding hydrogens is 466 g/mol. The summed E-state index contributed by atoms with van der Waals surface area (Å²) < 4.78 is 15.9. The molecule has 1 heterocycles. The summed E-state index contributed by atoms with van der Waals surface area (Å²) in [6, 6.07) is 11.4. The van der Waals surface area contributed by atoms with Crippen molar-refractivity contribution >= 4 is 29.8 Å². The lowest BCUT2D eigenvalue weighted by molar-refractivity contribution is -0.136. The molecule has 1 unspecified atom stereocenters. The van der Waals surface area contributed by atoms with Crippen LogP contribution in [0.4, 0.5) is 10.5 Å². The van der Waals surface area contributed by atoms with Crippen LogP contribution in [-0.2, 0) is 14.3 Å². The number of hydrogen-bond acceptors (Lipinski definition) is 8. The fourth-order valence-electron chi connectivity index (χ4n) is 3.52. The van der Waals surface area contributed by atoms with Crippen molar-refractivity contribution in [3.63, 3.8) is 0 Å². The zero-order valence-corrected chi connectivity index (χ0v) is 20.7. The van der Waals surface area contributed by atoms with Gasteiger partial charge in [0.2, 0.25) is 0 Å². The van der Waals surface area contributed by atoms with E-state index >= 15 is 0 Å². The molecule has 0 saturated heterocycles. The minimum absolute atomic E-state index is 0.265. The number of anilines is 1. The Bertz CT molecular complexity index is 1190. The van der Waals surface area contributed by atoms with Gasteiger partial charge in [0.1, 0.15) is 0 Å². The van der Waals surface area contributed by atoms with Gasteiger partial charge in [0, 0.05) is 25.5 Å². The molecule has 11 nitrogen and oxygen atoms in total. The summed E-state index contributed by atoms with van der Waals surface area (Å²) in [5.74, 6) is -0.408. The van der Waals surface area contributed by atoms with E-state index in [4.69, 9.17) is 14.2 Å².